The molecule has 2 aromatic carbocycles. The van der Waals surface area contributed by atoms with Crippen molar-refractivity contribution >= 4 is 5.97 Å². The number of ether oxygens (including phenoxy) is 3. The molecule has 4 heteroatoms. The van der Waals surface area contributed by atoms with Crippen molar-refractivity contribution in [3.8, 4) is 11.5 Å². The number of hydrogen-bond acceptors (Lipinski definition) is 4. The fraction of sp³-hybridized carbons (Fsp3) is 0.606. The molecule has 0 aliphatic heterocycles. The standard InChI is InChI=1S/C33H50O4/c1-2-3-4-5-6-7-8-9-10-11-12-13-14-15-16-20-27-37-33(34)30-23-25-32(26-24-30)36-29-28-35-31-21-18-17-19-22-31/h17-19,21-26H,2-16,20,27-29H2,1H3. The maximum atomic E-state index is 12.3. The van der Waals surface area contributed by atoms with Crippen LogP contribution in [-0.2, 0) is 4.74 Å². The minimum Gasteiger partial charge on any atom is -0.490 e. The fourth-order valence-electron chi connectivity index (χ4n) is 4.42. The SMILES string of the molecule is CCCCCCCCCCCCCCCCCCOC(=O)c1ccc(OCCOc2ccccc2)cc1. The van der Waals surface area contributed by atoms with Gasteiger partial charge in [0.2, 0.25) is 0 Å². The van der Waals surface area contributed by atoms with Crippen molar-refractivity contribution in [2.45, 2.75) is 110 Å². The summed E-state index contributed by atoms with van der Waals surface area (Å²) in [4.78, 5) is 12.3. The third-order valence-electron chi connectivity index (χ3n) is 6.69. The van der Waals surface area contributed by atoms with E-state index in [2.05, 4.69) is 6.92 Å². The van der Waals surface area contributed by atoms with E-state index >= 15 is 0 Å². The molecule has 206 valence electrons. The normalized spacial score (nSPS) is 10.8. The Hall–Kier alpha value is -2.49. The van der Waals surface area contributed by atoms with Gasteiger partial charge >= 0.3 is 5.97 Å². The van der Waals surface area contributed by atoms with E-state index in [4.69, 9.17) is 14.2 Å². The van der Waals surface area contributed by atoms with Gasteiger partial charge in [0.1, 0.15) is 24.7 Å². The number of unbranched alkanes of at least 4 members (excludes halogenated alkanes) is 15. The molecular weight excluding hydrogens is 460 g/mol. The topological polar surface area (TPSA) is 44.8 Å². The third kappa shape index (κ3) is 16.1. The van der Waals surface area contributed by atoms with Crippen molar-refractivity contribution in [2.75, 3.05) is 19.8 Å². The van der Waals surface area contributed by atoms with Gasteiger partial charge in [0.15, 0.2) is 0 Å². The van der Waals surface area contributed by atoms with Gasteiger partial charge < -0.3 is 14.2 Å². The van der Waals surface area contributed by atoms with Gasteiger partial charge in [-0.3, -0.25) is 0 Å². The van der Waals surface area contributed by atoms with Crippen LogP contribution >= 0.6 is 0 Å². The smallest absolute Gasteiger partial charge is 0.338 e. The largest absolute Gasteiger partial charge is 0.490 e. The van der Waals surface area contributed by atoms with Crippen LogP contribution in [0.25, 0.3) is 0 Å². The Morgan fingerprint density at radius 1 is 0.514 bits per heavy atom. The van der Waals surface area contributed by atoms with E-state index in [1.807, 2.05) is 30.3 Å². The highest BCUT2D eigenvalue weighted by Crippen LogP contribution is 2.15. The molecule has 0 N–H and O–H groups in total. The van der Waals surface area contributed by atoms with E-state index in [0.29, 0.717) is 31.1 Å². The number of carbonyl (C=O) groups is 1. The zero-order valence-electron chi connectivity index (χ0n) is 23.3. The van der Waals surface area contributed by atoms with Crippen LogP contribution in [0.2, 0.25) is 0 Å². The summed E-state index contributed by atoms with van der Waals surface area (Å²) in [5, 5.41) is 0. The molecule has 0 heterocycles. The van der Waals surface area contributed by atoms with E-state index in [1.165, 1.54) is 89.9 Å². The van der Waals surface area contributed by atoms with Gasteiger partial charge in [0.05, 0.1) is 12.2 Å². The Kier molecular flexibility index (Phi) is 17.9. The predicted molar refractivity (Wildman–Crippen MR) is 154 cm³/mol. The van der Waals surface area contributed by atoms with Crippen LogP contribution in [0, 0.1) is 0 Å². The van der Waals surface area contributed by atoms with Crippen molar-refractivity contribution < 1.29 is 19.0 Å². The molecule has 0 bridgehead atoms. The van der Waals surface area contributed by atoms with Crippen LogP contribution in [-0.4, -0.2) is 25.8 Å². The highest BCUT2D eigenvalue weighted by molar-refractivity contribution is 5.89. The van der Waals surface area contributed by atoms with Crippen molar-refractivity contribution in [1.29, 1.82) is 0 Å². The Morgan fingerprint density at radius 3 is 1.43 bits per heavy atom. The Bertz CT molecular complexity index is 788. The molecule has 0 aliphatic rings. The Balaban J connectivity index is 1.37. The van der Waals surface area contributed by atoms with E-state index in [0.717, 1.165) is 18.6 Å². The summed E-state index contributed by atoms with van der Waals surface area (Å²) >= 11 is 0. The van der Waals surface area contributed by atoms with Crippen molar-refractivity contribution in [3.63, 3.8) is 0 Å². The molecule has 0 aromatic heterocycles. The van der Waals surface area contributed by atoms with Crippen LogP contribution < -0.4 is 9.47 Å². The molecule has 4 nitrogen and oxygen atoms in total. The summed E-state index contributed by atoms with van der Waals surface area (Å²) in [6.45, 7) is 3.68. The molecule has 0 amide bonds. The molecule has 0 saturated heterocycles. The van der Waals surface area contributed by atoms with E-state index in [9.17, 15) is 4.79 Å². The lowest BCUT2D eigenvalue weighted by Gasteiger charge is -2.09. The minimum atomic E-state index is -0.264. The van der Waals surface area contributed by atoms with Crippen LogP contribution in [0.1, 0.15) is 120 Å². The summed E-state index contributed by atoms with van der Waals surface area (Å²) < 4.78 is 16.7. The lowest BCUT2D eigenvalue weighted by molar-refractivity contribution is 0.0497. The molecule has 2 rings (SSSR count). The molecule has 0 unspecified atom stereocenters. The van der Waals surface area contributed by atoms with E-state index < -0.39 is 0 Å². The highest BCUT2D eigenvalue weighted by Gasteiger charge is 2.07. The highest BCUT2D eigenvalue weighted by atomic mass is 16.5. The van der Waals surface area contributed by atoms with Gasteiger partial charge in [-0.15, -0.1) is 0 Å². The van der Waals surface area contributed by atoms with Crippen molar-refractivity contribution in [1.82, 2.24) is 0 Å². The number of para-hydroxylation sites is 1. The van der Waals surface area contributed by atoms with Crippen LogP contribution in [0.3, 0.4) is 0 Å². The van der Waals surface area contributed by atoms with Gasteiger partial charge in [0.25, 0.3) is 0 Å². The number of esters is 1. The van der Waals surface area contributed by atoms with E-state index in [-0.39, 0.29) is 5.97 Å². The zero-order valence-corrected chi connectivity index (χ0v) is 23.3. The first kappa shape index (κ1) is 30.7. The second-order valence-corrected chi connectivity index (χ2v) is 9.97. The predicted octanol–water partition coefficient (Wildman–Crippen LogP) is 9.56. The van der Waals surface area contributed by atoms with Gasteiger partial charge in [-0.1, -0.05) is 121 Å². The monoisotopic (exact) mass is 510 g/mol. The first-order chi connectivity index (χ1) is 18.3. The lowest BCUT2D eigenvalue weighted by atomic mass is 10.0. The van der Waals surface area contributed by atoms with Gasteiger partial charge in [-0.25, -0.2) is 4.79 Å². The van der Waals surface area contributed by atoms with Crippen molar-refractivity contribution in [3.05, 3.63) is 60.2 Å². The molecule has 0 saturated carbocycles. The molecular formula is C33H50O4. The first-order valence-electron chi connectivity index (χ1n) is 14.9. The molecule has 0 radical (unpaired) electrons. The number of hydrogen-bond donors (Lipinski definition) is 0. The number of benzene rings is 2. The average Bonchev–Trinajstić information content (AvgIpc) is 2.93. The summed E-state index contributed by atoms with van der Waals surface area (Å²) in [5.74, 6) is 1.28. The molecule has 0 aliphatic carbocycles. The Labute approximate surface area is 226 Å². The van der Waals surface area contributed by atoms with Gasteiger partial charge in [-0.05, 0) is 42.8 Å². The fourth-order valence-corrected chi connectivity index (χ4v) is 4.42. The summed E-state index contributed by atoms with van der Waals surface area (Å²) in [6, 6.07) is 16.8. The number of rotatable bonds is 23. The molecule has 2 aromatic rings. The molecule has 0 atom stereocenters. The van der Waals surface area contributed by atoms with Gasteiger partial charge in [0, 0.05) is 0 Å². The minimum absolute atomic E-state index is 0.264. The van der Waals surface area contributed by atoms with Gasteiger partial charge in [-0.2, -0.15) is 0 Å². The van der Waals surface area contributed by atoms with Crippen LogP contribution in [0.5, 0.6) is 11.5 Å². The average molecular weight is 511 g/mol. The molecule has 0 fully saturated rings. The lowest BCUT2D eigenvalue weighted by Crippen LogP contribution is -2.09. The molecule has 0 spiro atoms. The second kappa shape index (κ2) is 21.6. The second-order valence-electron chi connectivity index (χ2n) is 9.97. The first-order valence-corrected chi connectivity index (χ1v) is 14.9. The quantitative estimate of drug-likeness (QED) is 0.110. The summed E-state index contributed by atoms with van der Waals surface area (Å²) in [6.07, 6.45) is 21.4. The van der Waals surface area contributed by atoms with Crippen molar-refractivity contribution in [2.24, 2.45) is 0 Å². The summed E-state index contributed by atoms with van der Waals surface area (Å²) in [7, 11) is 0. The zero-order chi connectivity index (χ0) is 26.2. The maximum Gasteiger partial charge on any atom is 0.338 e. The number of carbonyl (C=O) groups excluding carboxylic acids is 1. The Morgan fingerprint density at radius 2 is 0.946 bits per heavy atom. The molecule has 37 heavy (non-hydrogen) atoms. The van der Waals surface area contributed by atoms with Crippen LogP contribution in [0.15, 0.2) is 54.6 Å². The summed E-state index contributed by atoms with van der Waals surface area (Å²) in [5.41, 5.74) is 0.560. The van der Waals surface area contributed by atoms with E-state index in [1.54, 1.807) is 24.3 Å². The maximum absolute atomic E-state index is 12.3. The third-order valence-corrected chi connectivity index (χ3v) is 6.69. The van der Waals surface area contributed by atoms with Crippen LogP contribution in [0.4, 0.5) is 0 Å².